The molecule has 1 atom stereocenters. The van der Waals surface area contributed by atoms with E-state index in [4.69, 9.17) is 14.2 Å². The van der Waals surface area contributed by atoms with Crippen molar-refractivity contribution < 1.29 is 19.0 Å². The van der Waals surface area contributed by atoms with E-state index in [1.807, 2.05) is 54.6 Å². The molecule has 0 N–H and O–H groups in total. The third kappa shape index (κ3) is 9.94. The van der Waals surface area contributed by atoms with Crippen molar-refractivity contribution >= 4 is 5.97 Å². The number of ether oxygens (including phenoxy) is 3. The Morgan fingerprint density at radius 3 is 1.91 bits per heavy atom. The summed E-state index contributed by atoms with van der Waals surface area (Å²) in [6.07, 6.45) is 16.6. The van der Waals surface area contributed by atoms with Crippen LogP contribution in [0, 0.1) is 11.8 Å². The number of rotatable bonds is 15. The molecule has 4 nitrogen and oxygen atoms in total. The van der Waals surface area contributed by atoms with Crippen LogP contribution in [0.15, 0.2) is 78.9 Å². The first kappa shape index (κ1) is 33.3. The van der Waals surface area contributed by atoms with E-state index < -0.39 is 6.10 Å². The quantitative estimate of drug-likeness (QED) is 0.0975. The minimum Gasteiger partial charge on any atom is -0.468 e. The monoisotopic (exact) mass is 610 g/mol. The van der Waals surface area contributed by atoms with Crippen LogP contribution in [-0.2, 0) is 9.47 Å². The summed E-state index contributed by atoms with van der Waals surface area (Å²) in [5.74, 6) is 3.52. The fourth-order valence-corrected chi connectivity index (χ4v) is 7.43. The van der Waals surface area contributed by atoms with E-state index >= 15 is 0 Å². The van der Waals surface area contributed by atoms with Crippen LogP contribution in [0.4, 0.5) is 0 Å². The second-order valence-corrected chi connectivity index (χ2v) is 13.5. The number of benzene rings is 3. The zero-order chi connectivity index (χ0) is 31.3. The maximum atomic E-state index is 13.2. The number of carbonyl (C=O) groups is 1. The summed E-state index contributed by atoms with van der Waals surface area (Å²) in [4.78, 5) is 13.2. The number of unbranched alkanes of at least 4 members (excludes halogenated alkanes) is 2. The van der Waals surface area contributed by atoms with E-state index in [1.165, 1.54) is 94.6 Å². The molecule has 0 radical (unpaired) electrons. The Morgan fingerprint density at radius 2 is 1.31 bits per heavy atom. The van der Waals surface area contributed by atoms with E-state index in [2.05, 4.69) is 38.1 Å². The lowest BCUT2D eigenvalue weighted by Gasteiger charge is -2.29. The van der Waals surface area contributed by atoms with E-state index in [9.17, 15) is 4.79 Å². The van der Waals surface area contributed by atoms with Crippen molar-refractivity contribution in [3.63, 3.8) is 0 Å². The molecule has 45 heavy (non-hydrogen) atoms. The van der Waals surface area contributed by atoms with Crippen LogP contribution in [0.5, 0.6) is 5.75 Å². The second kappa shape index (κ2) is 17.5. The van der Waals surface area contributed by atoms with Gasteiger partial charge in [0.25, 0.3) is 0 Å². The van der Waals surface area contributed by atoms with Crippen LogP contribution >= 0.6 is 0 Å². The third-order valence-electron chi connectivity index (χ3n) is 10.5. The Balaban J connectivity index is 1.09. The lowest BCUT2D eigenvalue weighted by Crippen LogP contribution is -2.18. The largest absolute Gasteiger partial charge is 0.468 e. The van der Waals surface area contributed by atoms with Crippen LogP contribution in [0.3, 0.4) is 0 Å². The Bertz CT molecular complexity index is 1250. The molecule has 0 aromatic heterocycles. The van der Waals surface area contributed by atoms with Gasteiger partial charge in [-0.3, -0.25) is 0 Å². The molecule has 0 aliphatic heterocycles. The molecule has 5 rings (SSSR count). The first-order valence-electron chi connectivity index (χ1n) is 17.8. The molecule has 0 amide bonds. The predicted octanol–water partition coefficient (Wildman–Crippen LogP) is 11.2. The van der Waals surface area contributed by atoms with Crippen LogP contribution in [0.25, 0.3) is 0 Å². The van der Waals surface area contributed by atoms with Gasteiger partial charge in [0.1, 0.15) is 5.75 Å². The first-order valence-corrected chi connectivity index (χ1v) is 17.8. The zero-order valence-electron chi connectivity index (χ0n) is 27.6. The second-order valence-electron chi connectivity index (χ2n) is 13.5. The van der Waals surface area contributed by atoms with E-state index in [1.54, 1.807) is 0 Å². The van der Waals surface area contributed by atoms with Crippen molar-refractivity contribution in [3.05, 3.63) is 101 Å². The molecular weight excluding hydrogens is 556 g/mol. The highest BCUT2D eigenvalue weighted by atomic mass is 16.7. The lowest BCUT2D eigenvalue weighted by molar-refractivity contribution is -0.0429. The molecule has 1 unspecified atom stereocenters. The molecule has 0 heterocycles. The zero-order valence-corrected chi connectivity index (χ0v) is 27.6. The van der Waals surface area contributed by atoms with Crippen molar-refractivity contribution in [2.24, 2.45) is 11.8 Å². The minimum absolute atomic E-state index is 0.0946. The molecule has 2 saturated carbocycles. The lowest BCUT2D eigenvalue weighted by atomic mass is 9.77. The highest BCUT2D eigenvalue weighted by Gasteiger charge is 2.24. The molecule has 3 aromatic rings. The molecule has 2 aliphatic rings. The Morgan fingerprint density at radius 1 is 0.711 bits per heavy atom. The van der Waals surface area contributed by atoms with Crippen LogP contribution < -0.4 is 4.74 Å². The van der Waals surface area contributed by atoms with Gasteiger partial charge in [0.15, 0.2) is 12.9 Å². The van der Waals surface area contributed by atoms with Crippen LogP contribution in [-0.4, -0.2) is 19.4 Å². The molecule has 0 spiro atoms. The van der Waals surface area contributed by atoms with Crippen molar-refractivity contribution in [1.82, 2.24) is 0 Å². The predicted molar refractivity (Wildman–Crippen MR) is 183 cm³/mol. The Kier molecular flexibility index (Phi) is 13.0. The fourth-order valence-electron chi connectivity index (χ4n) is 7.43. The van der Waals surface area contributed by atoms with Gasteiger partial charge in [-0.2, -0.15) is 0 Å². The summed E-state index contributed by atoms with van der Waals surface area (Å²) in [5, 5.41) is 0. The van der Waals surface area contributed by atoms with Crippen molar-refractivity contribution in [3.8, 4) is 5.75 Å². The average molecular weight is 611 g/mol. The first-order chi connectivity index (χ1) is 22.1. The summed E-state index contributed by atoms with van der Waals surface area (Å²) >= 11 is 0. The van der Waals surface area contributed by atoms with Crippen LogP contribution in [0.1, 0.15) is 142 Å². The molecule has 3 aromatic carbocycles. The van der Waals surface area contributed by atoms with Gasteiger partial charge < -0.3 is 14.2 Å². The highest BCUT2D eigenvalue weighted by molar-refractivity contribution is 5.89. The van der Waals surface area contributed by atoms with E-state index in [-0.39, 0.29) is 19.4 Å². The minimum atomic E-state index is -0.523. The number of hydrogen-bond acceptors (Lipinski definition) is 4. The molecule has 0 bridgehead atoms. The van der Waals surface area contributed by atoms with Gasteiger partial charge >= 0.3 is 5.97 Å². The Hall–Kier alpha value is -3.11. The molecule has 0 saturated heterocycles. The maximum Gasteiger partial charge on any atom is 0.338 e. The summed E-state index contributed by atoms with van der Waals surface area (Å²) < 4.78 is 17.8. The molecule has 2 aliphatic carbocycles. The van der Waals surface area contributed by atoms with Gasteiger partial charge in [-0.15, -0.1) is 0 Å². The average Bonchev–Trinajstić information content (AvgIpc) is 3.10. The molecular formula is C41H54O4. The van der Waals surface area contributed by atoms with E-state index in [0.29, 0.717) is 17.4 Å². The van der Waals surface area contributed by atoms with Gasteiger partial charge in [-0.25, -0.2) is 4.79 Å². The third-order valence-corrected chi connectivity index (χ3v) is 10.5. The summed E-state index contributed by atoms with van der Waals surface area (Å²) in [6, 6.07) is 26.4. The van der Waals surface area contributed by atoms with Crippen LogP contribution in [0.2, 0.25) is 0 Å². The van der Waals surface area contributed by atoms with Gasteiger partial charge in [-0.05, 0) is 116 Å². The Labute approximate surface area is 271 Å². The van der Waals surface area contributed by atoms with Gasteiger partial charge in [-0.1, -0.05) is 101 Å². The van der Waals surface area contributed by atoms with Gasteiger partial charge in [0.2, 0.25) is 0 Å². The number of hydrogen-bond donors (Lipinski definition) is 0. The topological polar surface area (TPSA) is 44.8 Å². The van der Waals surface area contributed by atoms with Gasteiger partial charge in [0.05, 0.1) is 12.2 Å². The number of esters is 1. The maximum absolute atomic E-state index is 13.2. The van der Waals surface area contributed by atoms with Gasteiger partial charge in [0, 0.05) is 0 Å². The SMILES string of the molecule is CCCCCC1CCC(c2ccc(C(=O)OC(COCOc3ccc(C4CCC(CC)CC4)cc3)c3ccccc3)cc2)CC1. The van der Waals surface area contributed by atoms with E-state index in [0.717, 1.165) is 23.1 Å². The summed E-state index contributed by atoms with van der Waals surface area (Å²) in [6.45, 7) is 4.90. The van der Waals surface area contributed by atoms with Crippen molar-refractivity contribution in [2.45, 2.75) is 115 Å². The number of carbonyl (C=O) groups excluding carboxylic acids is 1. The highest BCUT2D eigenvalue weighted by Crippen LogP contribution is 2.39. The standard InChI is InChI=1S/C41H54O4/c1-3-5-7-10-32-15-19-34(20-16-32)35-21-23-38(24-22-35)41(42)45-40(37-11-8-6-9-12-37)29-43-30-44-39-27-25-36(26-28-39)33-17-13-31(4-2)14-18-33/h6,8-9,11-12,21-28,31-34,40H,3-5,7,10,13-20,29-30H2,1-2H3. The molecule has 242 valence electrons. The normalized spacial score (nSPS) is 22.4. The molecule has 2 fully saturated rings. The fraction of sp³-hybridized carbons (Fsp3) is 0.537. The van der Waals surface area contributed by atoms with Crippen molar-refractivity contribution in [2.75, 3.05) is 13.4 Å². The molecule has 4 heteroatoms. The van der Waals surface area contributed by atoms with Crippen molar-refractivity contribution in [1.29, 1.82) is 0 Å². The summed E-state index contributed by atoms with van der Waals surface area (Å²) in [7, 11) is 0. The summed E-state index contributed by atoms with van der Waals surface area (Å²) in [5.41, 5.74) is 4.23. The smallest absolute Gasteiger partial charge is 0.338 e.